The van der Waals surface area contributed by atoms with E-state index in [0.717, 1.165) is 69.9 Å². The Hall–Kier alpha value is -3.53. The molecule has 2 aliphatic rings. The highest BCUT2D eigenvalue weighted by molar-refractivity contribution is 6.31. The number of benzene rings is 2. The van der Waals surface area contributed by atoms with Crippen LogP contribution in [0.4, 0.5) is 4.39 Å². The molecule has 0 bridgehead atoms. The zero-order valence-electron chi connectivity index (χ0n) is 24.5. The molecule has 8 nitrogen and oxygen atoms in total. The SMILES string of the molecule is CC(=N)NCC[C@@H]1CCC[C@@H](c2ccc(-n3cc4cc(-c5cc(CCCC6(N)CC6)cc(Cl)c5F)[nH]c4nc3=O)cc2)N1. The van der Waals surface area contributed by atoms with Gasteiger partial charge in [-0.25, -0.2) is 9.18 Å². The third kappa shape index (κ3) is 6.84. The second-order valence-corrected chi connectivity index (χ2v) is 12.7. The van der Waals surface area contributed by atoms with E-state index in [0.29, 0.717) is 39.9 Å². The number of aromatic nitrogens is 3. The number of nitrogens with one attached hydrogen (secondary N) is 4. The highest BCUT2D eigenvalue weighted by Crippen LogP contribution is 2.37. The molecule has 2 atom stereocenters. The van der Waals surface area contributed by atoms with E-state index in [-0.39, 0.29) is 16.6 Å². The monoisotopic (exact) mass is 603 g/mol. The average molecular weight is 604 g/mol. The molecule has 6 N–H and O–H groups in total. The quantitative estimate of drug-likeness (QED) is 0.110. The van der Waals surface area contributed by atoms with Crippen LogP contribution in [0.3, 0.4) is 0 Å². The van der Waals surface area contributed by atoms with Gasteiger partial charge in [-0.3, -0.25) is 9.98 Å². The largest absolute Gasteiger partial charge is 0.374 e. The first-order valence-electron chi connectivity index (χ1n) is 15.2. The van der Waals surface area contributed by atoms with Gasteiger partial charge in [-0.2, -0.15) is 4.98 Å². The van der Waals surface area contributed by atoms with Crippen molar-refractivity contribution in [3.8, 4) is 16.9 Å². The number of nitrogens with zero attached hydrogens (tertiary/aromatic N) is 2. The molecular weight excluding hydrogens is 565 g/mol. The Morgan fingerprint density at radius 3 is 2.77 bits per heavy atom. The number of halogens is 2. The molecule has 3 heterocycles. The van der Waals surface area contributed by atoms with Gasteiger partial charge >= 0.3 is 5.69 Å². The lowest BCUT2D eigenvalue weighted by molar-refractivity contribution is 0.312. The second-order valence-electron chi connectivity index (χ2n) is 12.3. The summed E-state index contributed by atoms with van der Waals surface area (Å²) in [4.78, 5) is 20.4. The maximum Gasteiger partial charge on any atom is 0.354 e. The first kappa shape index (κ1) is 29.5. The number of aryl methyl sites for hydroxylation is 1. The number of piperidine rings is 1. The Kier molecular flexibility index (Phi) is 8.40. The third-order valence-corrected chi connectivity index (χ3v) is 9.13. The first-order valence-corrected chi connectivity index (χ1v) is 15.6. The highest BCUT2D eigenvalue weighted by atomic mass is 35.5. The van der Waals surface area contributed by atoms with Gasteiger partial charge in [0, 0.05) is 41.3 Å². The van der Waals surface area contributed by atoms with Gasteiger partial charge in [0.2, 0.25) is 0 Å². The molecule has 2 fully saturated rings. The van der Waals surface area contributed by atoms with Crippen molar-refractivity contribution in [3.63, 3.8) is 0 Å². The van der Waals surface area contributed by atoms with Crippen molar-refractivity contribution in [3.05, 3.63) is 81.1 Å². The van der Waals surface area contributed by atoms with Crippen molar-refractivity contribution in [2.24, 2.45) is 5.73 Å². The van der Waals surface area contributed by atoms with Crippen LogP contribution in [0.2, 0.25) is 5.02 Å². The topological polar surface area (TPSA) is 125 Å². The summed E-state index contributed by atoms with van der Waals surface area (Å²) in [5, 5.41) is 15.2. The summed E-state index contributed by atoms with van der Waals surface area (Å²) in [5.74, 6) is -0.00683. The van der Waals surface area contributed by atoms with Gasteiger partial charge in [-0.1, -0.05) is 30.2 Å². The van der Waals surface area contributed by atoms with E-state index in [2.05, 4.69) is 32.7 Å². The minimum absolute atomic E-state index is 0.0179. The van der Waals surface area contributed by atoms with Crippen LogP contribution in [0.15, 0.2) is 53.5 Å². The molecule has 6 rings (SSSR count). The standard InChI is InChI=1S/C33H39ClFN7O/c1-20(36)38-15-11-24-5-2-6-28(39-24)22-7-9-25(10-8-22)42-19-23-18-29(40-31(23)41-32(42)43)26-16-21(17-27(34)30(26)35)4-3-12-33(37)13-14-33/h7-10,16-19,24,28,39H,2-6,11-15,37H2,1H3,(H2,36,38)(H,40,41,43)/t24-,28-/m0/s1. The highest BCUT2D eigenvalue weighted by Gasteiger charge is 2.37. The number of rotatable bonds is 10. The number of fused-ring (bicyclic) bond motifs is 1. The maximum absolute atomic E-state index is 15.2. The molecule has 0 spiro atoms. The van der Waals surface area contributed by atoms with Crippen LogP contribution < -0.4 is 22.1 Å². The number of hydrogen-bond acceptors (Lipinski definition) is 5. The van der Waals surface area contributed by atoms with Crippen molar-refractivity contribution in [2.75, 3.05) is 6.54 Å². The van der Waals surface area contributed by atoms with E-state index in [1.807, 2.05) is 24.3 Å². The lowest BCUT2D eigenvalue weighted by atomic mass is 9.92. The Balaban J connectivity index is 1.19. The van der Waals surface area contributed by atoms with E-state index in [1.54, 1.807) is 19.2 Å². The molecule has 4 aromatic rings. The van der Waals surface area contributed by atoms with Crippen LogP contribution in [-0.2, 0) is 6.42 Å². The van der Waals surface area contributed by atoms with Crippen LogP contribution in [0.5, 0.6) is 0 Å². The molecule has 0 amide bonds. The van der Waals surface area contributed by atoms with Gasteiger partial charge in [0.05, 0.1) is 22.2 Å². The first-order chi connectivity index (χ1) is 20.7. The van der Waals surface area contributed by atoms with Gasteiger partial charge in [-0.15, -0.1) is 0 Å². The number of nitrogens with two attached hydrogens (primary N) is 1. The van der Waals surface area contributed by atoms with E-state index in [4.69, 9.17) is 22.7 Å². The summed E-state index contributed by atoms with van der Waals surface area (Å²) < 4.78 is 16.7. The van der Waals surface area contributed by atoms with Gasteiger partial charge in [0.15, 0.2) is 5.82 Å². The van der Waals surface area contributed by atoms with Crippen LogP contribution in [0, 0.1) is 11.2 Å². The predicted octanol–water partition coefficient (Wildman–Crippen LogP) is 6.15. The minimum Gasteiger partial charge on any atom is -0.374 e. The Morgan fingerprint density at radius 1 is 1.23 bits per heavy atom. The van der Waals surface area contributed by atoms with E-state index < -0.39 is 11.5 Å². The summed E-state index contributed by atoms with van der Waals surface area (Å²) >= 11 is 6.29. The smallest absolute Gasteiger partial charge is 0.354 e. The van der Waals surface area contributed by atoms with Crippen molar-refractivity contribution in [1.29, 1.82) is 5.41 Å². The summed E-state index contributed by atoms with van der Waals surface area (Å²) in [5.41, 5.74) is 9.93. The maximum atomic E-state index is 15.2. The van der Waals surface area contributed by atoms with Crippen LogP contribution >= 0.6 is 11.6 Å². The molecule has 0 unspecified atom stereocenters. The van der Waals surface area contributed by atoms with Gasteiger partial charge < -0.3 is 21.4 Å². The fourth-order valence-electron chi connectivity index (χ4n) is 6.18. The molecular formula is C33H39ClFN7O. The van der Waals surface area contributed by atoms with Gasteiger partial charge in [0.25, 0.3) is 0 Å². The van der Waals surface area contributed by atoms with E-state index in [9.17, 15) is 4.79 Å². The number of aromatic amines is 1. The van der Waals surface area contributed by atoms with Crippen molar-refractivity contribution in [2.45, 2.75) is 82.3 Å². The molecule has 1 saturated heterocycles. The molecule has 2 aromatic carbocycles. The molecule has 1 saturated carbocycles. The summed E-state index contributed by atoms with van der Waals surface area (Å²) in [6.07, 6.45) is 10.8. The Morgan fingerprint density at radius 2 is 2.02 bits per heavy atom. The minimum atomic E-state index is -0.500. The van der Waals surface area contributed by atoms with E-state index in [1.165, 1.54) is 10.1 Å². The van der Waals surface area contributed by atoms with Crippen molar-refractivity contribution >= 4 is 28.5 Å². The molecule has 10 heteroatoms. The van der Waals surface area contributed by atoms with Crippen molar-refractivity contribution in [1.82, 2.24) is 25.2 Å². The van der Waals surface area contributed by atoms with Gasteiger partial charge in [-0.05, 0) is 99.7 Å². The van der Waals surface area contributed by atoms with Crippen LogP contribution in [0.1, 0.15) is 75.5 Å². The third-order valence-electron chi connectivity index (χ3n) is 8.86. The number of amidine groups is 1. The molecule has 1 aliphatic heterocycles. The Bertz CT molecular complexity index is 1690. The zero-order chi connectivity index (χ0) is 30.1. The summed E-state index contributed by atoms with van der Waals surface area (Å²) in [7, 11) is 0. The predicted molar refractivity (Wildman–Crippen MR) is 171 cm³/mol. The summed E-state index contributed by atoms with van der Waals surface area (Å²) in [6.45, 7) is 2.55. The van der Waals surface area contributed by atoms with E-state index >= 15 is 4.39 Å². The fourth-order valence-corrected chi connectivity index (χ4v) is 6.42. The summed E-state index contributed by atoms with van der Waals surface area (Å²) in [6, 6.07) is 14.0. The lowest BCUT2D eigenvalue weighted by Gasteiger charge is -2.31. The zero-order valence-corrected chi connectivity index (χ0v) is 25.2. The molecule has 0 radical (unpaired) electrons. The average Bonchev–Trinajstić information content (AvgIpc) is 3.58. The van der Waals surface area contributed by atoms with Crippen LogP contribution in [-0.4, -0.2) is 38.5 Å². The normalized spacial score (nSPS) is 19.4. The Labute approximate surface area is 255 Å². The van der Waals surface area contributed by atoms with Gasteiger partial charge in [0.1, 0.15) is 5.65 Å². The molecule has 2 aromatic heterocycles. The van der Waals surface area contributed by atoms with Crippen LogP contribution in [0.25, 0.3) is 28.0 Å². The van der Waals surface area contributed by atoms with Crippen molar-refractivity contribution < 1.29 is 4.39 Å². The molecule has 226 valence electrons. The molecule has 1 aliphatic carbocycles. The number of hydrogen-bond donors (Lipinski definition) is 5. The number of H-pyrrole nitrogens is 1. The second kappa shape index (κ2) is 12.2. The fraction of sp³-hybridized carbons (Fsp3) is 0.424. The molecule has 43 heavy (non-hydrogen) atoms. The lowest BCUT2D eigenvalue weighted by Crippen LogP contribution is -2.39.